The van der Waals surface area contributed by atoms with Crippen molar-refractivity contribution in [2.45, 2.75) is 59.3 Å². The lowest BCUT2D eigenvalue weighted by molar-refractivity contribution is 0.0971. The second-order valence-electron chi connectivity index (χ2n) is 5.47. The molecule has 1 aromatic carbocycles. The number of unbranched alkanes of at least 4 members (excludes halogenated alkanes) is 2. The number of phenolic OH excluding ortho intramolecular Hbond substituents is 3. The van der Waals surface area contributed by atoms with Crippen LogP contribution in [0.15, 0.2) is 0 Å². The number of aromatic hydroxyl groups is 3. The van der Waals surface area contributed by atoms with Gasteiger partial charge in [0.15, 0.2) is 11.6 Å². The van der Waals surface area contributed by atoms with Gasteiger partial charge in [-0.1, -0.05) is 26.7 Å². The van der Waals surface area contributed by atoms with Crippen molar-refractivity contribution in [3.8, 4) is 17.2 Å². The topological polar surface area (TPSA) is 94.8 Å². The van der Waals surface area contributed by atoms with Crippen molar-refractivity contribution in [1.82, 2.24) is 0 Å². The molecule has 0 spiro atoms. The van der Waals surface area contributed by atoms with E-state index in [0.717, 1.165) is 12.8 Å². The summed E-state index contributed by atoms with van der Waals surface area (Å²) in [6.07, 6.45) is 3.18. The Bertz CT molecular complexity index is 528. The molecule has 0 aromatic heterocycles. The molecule has 0 aliphatic carbocycles. The first-order valence-electron chi connectivity index (χ1n) is 7.70. The van der Waals surface area contributed by atoms with E-state index in [0.29, 0.717) is 12.8 Å². The first-order chi connectivity index (χ1) is 10.4. The molecule has 0 aliphatic rings. The number of Topliss-reactive ketones (excluding diaryl/α,β-unsaturated/α-hetero) is 2. The van der Waals surface area contributed by atoms with Crippen LogP contribution in [-0.4, -0.2) is 26.9 Å². The number of carbonyl (C=O) groups excluding carboxylic acids is 2. The van der Waals surface area contributed by atoms with Crippen LogP contribution in [0.5, 0.6) is 17.2 Å². The molecular weight excluding hydrogens is 284 g/mol. The zero-order valence-corrected chi connectivity index (χ0v) is 13.4. The van der Waals surface area contributed by atoms with E-state index < -0.39 is 28.8 Å². The molecule has 1 rings (SSSR count). The SMILES string of the molecule is CCCCC(=O)c1c(O)c(C)c(O)c(C(=O)CCCC)c1O. The number of rotatable bonds is 8. The van der Waals surface area contributed by atoms with E-state index in [1.165, 1.54) is 6.92 Å². The van der Waals surface area contributed by atoms with Crippen LogP contribution in [-0.2, 0) is 0 Å². The van der Waals surface area contributed by atoms with Crippen LogP contribution in [0.25, 0.3) is 0 Å². The van der Waals surface area contributed by atoms with E-state index in [4.69, 9.17) is 0 Å². The third-order valence-corrected chi connectivity index (χ3v) is 3.73. The number of carbonyl (C=O) groups is 2. The van der Waals surface area contributed by atoms with Crippen LogP contribution >= 0.6 is 0 Å². The van der Waals surface area contributed by atoms with Crippen molar-refractivity contribution in [2.75, 3.05) is 0 Å². The summed E-state index contributed by atoms with van der Waals surface area (Å²) in [5, 5.41) is 30.4. The van der Waals surface area contributed by atoms with Crippen LogP contribution < -0.4 is 0 Å². The summed E-state index contributed by atoms with van der Waals surface area (Å²) in [5.41, 5.74) is -0.482. The fourth-order valence-electron chi connectivity index (χ4n) is 2.29. The number of benzene rings is 1. The fourth-order valence-corrected chi connectivity index (χ4v) is 2.29. The van der Waals surface area contributed by atoms with E-state index in [1.54, 1.807) is 0 Å². The Morgan fingerprint density at radius 1 is 0.773 bits per heavy atom. The molecule has 5 nitrogen and oxygen atoms in total. The quantitative estimate of drug-likeness (QED) is 0.634. The molecule has 0 heterocycles. The summed E-state index contributed by atoms with van der Waals surface area (Å²) in [7, 11) is 0. The van der Waals surface area contributed by atoms with E-state index >= 15 is 0 Å². The van der Waals surface area contributed by atoms with Gasteiger partial charge in [0.1, 0.15) is 28.4 Å². The summed E-state index contributed by atoms with van der Waals surface area (Å²) < 4.78 is 0. The second kappa shape index (κ2) is 7.82. The maximum atomic E-state index is 12.2. The predicted octanol–water partition coefficient (Wildman–Crippen LogP) is 3.86. The van der Waals surface area contributed by atoms with E-state index in [2.05, 4.69) is 0 Å². The van der Waals surface area contributed by atoms with Crippen LogP contribution in [0.1, 0.15) is 78.7 Å². The van der Waals surface area contributed by atoms with E-state index in [-0.39, 0.29) is 29.5 Å². The Morgan fingerprint density at radius 2 is 1.14 bits per heavy atom. The van der Waals surface area contributed by atoms with Gasteiger partial charge in [-0.25, -0.2) is 0 Å². The summed E-state index contributed by atoms with van der Waals surface area (Å²) in [5.74, 6) is -2.37. The highest BCUT2D eigenvalue weighted by molar-refractivity contribution is 6.09. The molecule has 0 aliphatic heterocycles. The highest BCUT2D eigenvalue weighted by atomic mass is 16.3. The minimum absolute atomic E-state index is 0.0393. The monoisotopic (exact) mass is 308 g/mol. The van der Waals surface area contributed by atoms with E-state index in [9.17, 15) is 24.9 Å². The zero-order chi connectivity index (χ0) is 16.9. The Hall–Kier alpha value is -2.04. The smallest absolute Gasteiger partial charge is 0.170 e. The van der Waals surface area contributed by atoms with Crippen molar-refractivity contribution in [3.05, 3.63) is 16.7 Å². The van der Waals surface area contributed by atoms with Gasteiger partial charge in [0.25, 0.3) is 0 Å². The lowest BCUT2D eigenvalue weighted by atomic mass is 9.93. The maximum absolute atomic E-state index is 12.2. The molecule has 122 valence electrons. The average Bonchev–Trinajstić information content (AvgIpc) is 2.48. The molecule has 1 aromatic rings. The number of ketones is 2. The highest BCUT2D eigenvalue weighted by Gasteiger charge is 2.28. The lowest BCUT2D eigenvalue weighted by Gasteiger charge is -2.15. The second-order valence-corrected chi connectivity index (χ2v) is 5.47. The van der Waals surface area contributed by atoms with Crippen molar-refractivity contribution in [2.24, 2.45) is 0 Å². The van der Waals surface area contributed by atoms with Gasteiger partial charge in [-0.2, -0.15) is 0 Å². The van der Waals surface area contributed by atoms with Gasteiger partial charge in [0.05, 0.1) is 0 Å². The van der Waals surface area contributed by atoms with Gasteiger partial charge in [-0.05, 0) is 19.8 Å². The number of phenols is 3. The fraction of sp³-hybridized carbons (Fsp3) is 0.529. The standard InChI is InChI=1S/C17H24O5/c1-4-6-8-11(18)13-15(20)10(3)16(21)14(17(13)22)12(19)9-7-5-2/h20-22H,4-9H2,1-3H3. The molecule has 22 heavy (non-hydrogen) atoms. The molecule has 3 N–H and O–H groups in total. The molecule has 0 saturated heterocycles. The summed E-state index contributed by atoms with van der Waals surface area (Å²) >= 11 is 0. The van der Waals surface area contributed by atoms with Gasteiger partial charge in [-0.3, -0.25) is 9.59 Å². The predicted molar refractivity (Wildman–Crippen MR) is 83.9 cm³/mol. The normalized spacial score (nSPS) is 10.7. The third-order valence-electron chi connectivity index (χ3n) is 3.73. The largest absolute Gasteiger partial charge is 0.507 e. The Balaban J connectivity index is 3.37. The molecule has 0 unspecified atom stereocenters. The first kappa shape index (κ1) is 18.0. The highest BCUT2D eigenvalue weighted by Crippen LogP contribution is 2.42. The molecule has 0 amide bonds. The molecule has 0 atom stereocenters. The first-order valence-corrected chi connectivity index (χ1v) is 7.70. The Kier molecular flexibility index (Phi) is 6.40. The van der Waals surface area contributed by atoms with Crippen molar-refractivity contribution in [3.63, 3.8) is 0 Å². The summed E-state index contributed by atoms with van der Waals surface area (Å²) in [4.78, 5) is 24.4. The number of hydrogen-bond donors (Lipinski definition) is 3. The van der Waals surface area contributed by atoms with Crippen molar-refractivity contribution in [1.29, 1.82) is 0 Å². The van der Waals surface area contributed by atoms with Crippen LogP contribution in [0.4, 0.5) is 0 Å². The summed E-state index contributed by atoms with van der Waals surface area (Å²) in [6.45, 7) is 5.26. The number of hydrogen-bond acceptors (Lipinski definition) is 5. The van der Waals surface area contributed by atoms with Crippen molar-refractivity contribution < 1.29 is 24.9 Å². The van der Waals surface area contributed by atoms with E-state index in [1.807, 2.05) is 13.8 Å². The van der Waals surface area contributed by atoms with Gasteiger partial charge >= 0.3 is 0 Å². The Morgan fingerprint density at radius 3 is 1.45 bits per heavy atom. The lowest BCUT2D eigenvalue weighted by Crippen LogP contribution is -2.07. The molecule has 0 radical (unpaired) electrons. The van der Waals surface area contributed by atoms with Crippen molar-refractivity contribution >= 4 is 11.6 Å². The molecule has 0 fully saturated rings. The Labute approximate surface area is 130 Å². The molecule has 0 bridgehead atoms. The molecular formula is C17H24O5. The zero-order valence-electron chi connectivity index (χ0n) is 13.4. The third kappa shape index (κ3) is 3.59. The minimum atomic E-state index is -0.609. The molecule has 0 saturated carbocycles. The van der Waals surface area contributed by atoms with Gasteiger partial charge in [-0.15, -0.1) is 0 Å². The average molecular weight is 308 g/mol. The summed E-state index contributed by atoms with van der Waals surface area (Å²) in [6, 6.07) is 0. The van der Waals surface area contributed by atoms with Crippen LogP contribution in [0.3, 0.4) is 0 Å². The van der Waals surface area contributed by atoms with Gasteiger partial charge in [0.2, 0.25) is 0 Å². The minimum Gasteiger partial charge on any atom is -0.507 e. The molecule has 5 heteroatoms. The van der Waals surface area contributed by atoms with Gasteiger partial charge < -0.3 is 15.3 Å². The van der Waals surface area contributed by atoms with Crippen LogP contribution in [0, 0.1) is 6.92 Å². The van der Waals surface area contributed by atoms with Gasteiger partial charge in [0, 0.05) is 18.4 Å². The van der Waals surface area contributed by atoms with Crippen LogP contribution in [0.2, 0.25) is 0 Å². The maximum Gasteiger partial charge on any atom is 0.170 e.